The summed E-state index contributed by atoms with van der Waals surface area (Å²) < 4.78 is 48.7. The van der Waals surface area contributed by atoms with E-state index < -0.39 is 23.5 Å². The SMILES string of the molecule is Cc1cc([C@](C)([C@H](C)c2ccc(Oc3ncc(C(=O)O)cc3Cl)cc2Cl)C(F)(F)F)sc1C#N. The van der Waals surface area contributed by atoms with Crippen molar-refractivity contribution in [2.45, 2.75) is 38.3 Å². The van der Waals surface area contributed by atoms with E-state index in [1.165, 1.54) is 31.2 Å². The molecule has 2 atom stereocenters. The highest BCUT2D eigenvalue weighted by Crippen LogP contribution is 2.53. The van der Waals surface area contributed by atoms with Gasteiger partial charge in [-0.3, -0.25) is 0 Å². The first-order chi connectivity index (χ1) is 15.8. The van der Waals surface area contributed by atoms with E-state index in [-0.39, 0.29) is 42.6 Å². The maximum absolute atomic E-state index is 14.4. The number of alkyl halides is 3. The minimum absolute atomic E-state index is 0.0208. The van der Waals surface area contributed by atoms with E-state index in [2.05, 4.69) is 4.98 Å². The summed E-state index contributed by atoms with van der Waals surface area (Å²) in [5.41, 5.74) is -1.72. The van der Waals surface area contributed by atoms with Gasteiger partial charge in [-0.25, -0.2) is 9.78 Å². The van der Waals surface area contributed by atoms with Crippen molar-refractivity contribution in [1.82, 2.24) is 4.98 Å². The van der Waals surface area contributed by atoms with Crippen molar-refractivity contribution < 1.29 is 27.8 Å². The average molecular weight is 529 g/mol. The molecule has 0 bridgehead atoms. The minimum atomic E-state index is -4.63. The van der Waals surface area contributed by atoms with E-state index >= 15 is 0 Å². The van der Waals surface area contributed by atoms with Crippen LogP contribution in [0.25, 0.3) is 0 Å². The number of aryl methyl sites for hydroxylation is 1. The molecule has 0 unspecified atom stereocenters. The number of aromatic carboxylic acids is 1. The number of ether oxygens (including phenoxy) is 1. The summed E-state index contributed by atoms with van der Waals surface area (Å²) in [6, 6.07) is 8.69. The zero-order valence-electron chi connectivity index (χ0n) is 18.0. The predicted octanol–water partition coefficient (Wildman–Crippen LogP) is 7.74. The van der Waals surface area contributed by atoms with Crippen molar-refractivity contribution >= 4 is 40.5 Å². The molecule has 11 heteroatoms. The van der Waals surface area contributed by atoms with Crippen LogP contribution in [0.1, 0.15) is 51.0 Å². The maximum atomic E-state index is 14.4. The van der Waals surface area contributed by atoms with Crippen LogP contribution in [-0.2, 0) is 5.41 Å². The van der Waals surface area contributed by atoms with Crippen LogP contribution in [0.5, 0.6) is 11.6 Å². The predicted molar refractivity (Wildman–Crippen MR) is 123 cm³/mol. The first kappa shape index (κ1) is 25.8. The van der Waals surface area contributed by atoms with Crippen molar-refractivity contribution in [3.05, 3.63) is 73.0 Å². The average Bonchev–Trinajstić information content (AvgIpc) is 3.14. The lowest BCUT2D eigenvalue weighted by molar-refractivity contribution is -0.190. The lowest BCUT2D eigenvalue weighted by Crippen LogP contribution is -2.43. The van der Waals surface area contributed by atoms with Gasteiger partial charge >= 0.3 is 12.1 Å². The number of nitrogens with zero attached hydrogens (tertiary/aromatic N) is 2. The molecule has 0 amide bonds. The van der Waals surface area contributed by atoms with Crippen molar-refractivity contribution in [3.63, 3.8) is 0 Å². The molecule has 0 aliphatic carbocycles. The first-order valence-electron chi connectivity index (χ1n) is 9.73. The Labute approximate surface area is 207 Å². The molecular weight excluding hydrogens is 512 g/mol. The van der Waals surface area contributed by atoms with Gasteiger partial charge in [0, 0.05) is 22.0 Å². The number of carboxylic acids is 1. The number of hydrogen-bond acceptors (Lipinski definition) is 5. The van der Waals surface area contributed by atoms with E-state index in [0.717, 1.165) is 30.5 Å². The molecule has 178 valence electrons. The normalized spacial score (nSPS) is 14.2. The Morgan fingerprint density at radius 1 is 1.24 bits per heavy atom. The molecule has 2 heterocycles. The Balaban J connectivity index is 1.97. The Morgan fingerprint density at radius 2 is 1.91 bits per heavy atom. The van der Waals surface area contributed by atoms with Gasteiger partial charge < -0.3 is 9.84 Å². The third kappa shape index (κ3) is 4.71. The molecule has 3 rings (SSSR count). The van der Waals surface area contributed by atoms with Crippen molar-refractivity contribution in [2.75, 3.05) is 0 Å². The zero-order valence-corrected chi connectivity index (χ0v) is 20.3. The number of halogens is 5. The molecule has 0 spiro atoms. The third-order valence-corrected chi connectivity index (χ3v) is 7.67. The lowest BCUT2D eigenvalue weighted by atomic mass is 9.72. The molecular formula is C23H17Cl2F3N2O3S. The number of aromatic nitrogens is 1. The number of rotatable bonds is 6. The fourth-order valence-corrected chi connectivity index (χ4v) is 5.17. The number of carbonyl (C=O) groups is 1. The summed E-state index contributed by atoms with van der Waals surface area (Å²) in [5.74, 6) is -2.24. The molecule has 0 aliphatic heterocycles. The Hall–Kier alpha value is -2.80. The summed E-state index contributed by atoms with van der Waals surface area (Å²) in [4.78, 5) is 15.1. The van der Waals surface area contributed by atoms with Crippen LogP contribution in [-0.4, -0.2) is 22.2 Å². The molecule has 5 nitrogen and oxygen atoms in total. The largest absolute Gasteiger partial charge is 0.478 e. The second kappa shape index (κ2) is 9.45. The van der Waals surface area contributed by atoms with Crippen LogP contribution in [0.2, 0.25) is 10.0 Å². The summed E-state index contributed by atoms with van der Waals surface area (Å²) in [7, 11) is 0. The van der Waals surface area contributed by atoms with Gasteiger partial charge in [0.2, 0.25) is 5.88 Å². The fraction of sp³-hybridized carbons (Fsp3) is 0.261. The van der Waals surface area contributed by atoms with Crippen LogP contribution >= 0.6 is 34.5 Å². The Bertz CT molecular complexity index is 1300. The molecule has 3 aromatic rings. The topological polar surface area (TPSA) is 83.2 Å². The molecule has 0 fully saturated rings. The van der Waals surface area contributed by atoms with E-state index in [1.54, 1.807) is 6.92 Å². The Kier molecular flexibility index (Phi) is 7.18. The molecule has 0 aliphatic rings. The summed E-state index contributed by atoms with van der Waals surface area (Å²) >= 11 is 13.2. The number of pyridine rings is 1. The highest BCUT2D eigenvalue weighted by atomic mass is 35.5. The maximum Gasteiger partial charge on any atom is 0.399 e. The van der Waals surface area contributed by atoms with Crippen LogP contribution in [0.15, 0.2) is 36.5 Å². The molecule has 0 saturated carbocycles. The van der Waals surface area contributed by atoms with Crippen LogP contribution < -0.4 is 4.74 Å². The second-order valence-electron chi connectivity index (χ2n) is 7.76. The summed E-state index contributed by atoms with van der Waals surface area (Å²) in [5, 5.41) is 18.2. The number of nitriles is 1. The van der Waals surface area contributed by atoms with Crippen molar-refractivity contribution in [2.24, 2.45) is 0 Å². The second-order valence-corrected chi connectivity index (χ2v) is 9.62. The van der Waals surface area contributed by atoms with Crippen LogP contribution in [0, 0.1) is 18.3 Å². The van der Waals surface area contributed by atoms with Crippen LogP contribution in [0.3, 0.4) is 0 Å². The van der Waals surface area contributed by atoms with E-state index in [9.17, 15) is 23.2 Å². The van der Waals surface area contributed by atoms with Crippen LogP contribution in [0.4, 0.5) is 13.2 Å². The van der Waals surface area contributed by atoms with E-state index in [1.807, 2.05) is 6.07 Å². The Morgan fingerprint density at radius 3 is 2.41 bits per heavy atom. The van der Waals surface area contributed by atoms with Gasteiger partial charge in [0.15, 0.2) is 0 Å². The standard InChI is InChI=1S/C23H17Cl2F3N2O3S/c1-11-6-19(34-18(11)9-29)22(3,23(26,27)28)12(2)15-5-4-14(8-16(15)24)33-20-17(25)7-13(10-30-20)21(31)32/h4-8,10,12H,1-3H3,(H,31,32)/t12-,22+/m1/s1. The monoisotopic (exact) mass is 528 g/mol. The minimum Gasteiger partial charge on any atom is -0.478 e. The quantitative estimate of drug-likeness (QED) is 0.353. The number of hydrogen-bond donors (Lipinski definition) is 1. The summed E-state index contributed by atoms with van der Waals surface area (Å²) in [6.45, 7) is 4.12. The number of benzene rings is 1. The van der Waals surface area contributed by atoms with E-state index in [4.69, 9.17) is 33.0 Å². The number of thiophene rings is 1. The molecule has 0 radical (unpaired) electrons. The number of carboxylic acid groups (broad SMARTS) is 1. The third-order valence-electron chi connectivity index (χ3n) is 5.69. The van der Waals surface area contributed by atoms with Gasteiger partial charge in [-0.05, 0) is 49.2 Å². The van der Waals surface area contributed by atoms with Gasteiger partial charge in [0.25, 0.3) is 0 Å². The van der Waals surface area contributed by atoms with Gasteiger partial charge in [-0.15, -0.1) is 11.3 Å². The molecule has 2 aromatic heterocycles. The van der Waals surface area contributed by atoms with Crippen molar-refractivity contribution in [1.29, 1.82) is 5.26 Å². The van der Waals surface area contributed by atoms with E-state index in [0.29, 0.717) is 5.56 Å². The first-order valence-corrected chi connectivity index (χ1v) is 11.3. The highest BCUT2D eigenvalue weighted by molar-refractivity contribution is 7.12. The van der Waals surface area contributed by atoms with Gasteiger partial charge in [-0.2, -0.15) is 18.4 Å². The van der Waals surface area contributed by atoms with Crippen molar-refractivity contribution in [3.8, 4) is 17.7 Å². The molecule has 34 heavy (non-hydrogen) atoms. The molecule has 1 aromatic carbocycles. The van der Waals surface area contributed by atoms with Gasteiger partial charge in [0.1, 0.15) is 27.1 Å². The van der Waals surface area contributed by atoms with Gasteiger partial charge in [0.05, 0.1) is 5.56 Å². The zero-order chi connectivity index (χ0) is 25.4. The summed E-state index contributed by atoms with van der Waals surface area (Å²) in [6.07, 6.45) is -3.56. The smallest absolute Gasteiger partial charge is 0.399 e. The highest BCUT2D eigenvalue weighted by Gasteiger charge is 2.57. The fourth-order valence-electron chi connectivity index (χ4n) is 3.41. The molecule has 1 N–H and O–H groups in total. The van der Waals surface area contributed by atoms with Gasteiger partial charge in [-0.1, -0.05) is 36.2 Å². The molecule has 0 saturated heterocycles. The lowest BCUT2D eigenvalue weighted by Gasteiger charge is -2.37.